The van der Waals surface area contributed by atoms with Crippen molar-refractivity contribution in [3.05, 3.63) is 34.8 Å². The lowest BCUT2D eigenvalue weighted by Gasteiger charge is -2.62. The van der Waals surface area contributed by atoms with Gasteiger partial charge in [0.25, 0.3) is 0 Å². The van der Waals surface area contributed by atoms with Gasteiger partial charge in [0.15, 0.2) is 11.5 Å². The molecule has 4 aliphatic rings. The van der Waals surface area contributed by atoms with Crippen molar-refractivity contribution in [3.8, 4) is 0 Å². The number of esters is 1. The average Bonchev–Trinajstić information content (AvgIpc) is 2.93. The second kappa shape index (κ2) is 6.58. The monoisotopic (exact) mass is 404 g/mol. The number of alkyl halides is 1. The summed E-state index contributed by atoms with van der Waals surface area (Å²) in [6, 6.07) is 0. The highest BCUT2D eigenvalue weighted by Crippen LogP contribution is 2.69. The maximum atomic E-state index is 17.3. The molecule has 0 radical (unpaired) electrons. The van der Waals surface area contributed by atoms with Crippen molar-refractivity contribution >= 4 is 23.5 Å². The minimum atomic E-state index is -1.70. The van der Waals surface area contributed by atoms with Gasteiger partial charge in [0, 0.05) is 23.7 Å². The van der Waals surface area contributed by atoms with Crippen LogP contribution in [-0.4, -0.2) is 29.3 Å². The first-order valence-corrected chi connectivity index (χ1v) is 11.3. The van der Waals surface area contributed by atoms with Gasteiger partial charge in [0.2, 0.25) is 0 Å². The van der Waals surface area contributed by atoms with E-state index in [9.17, 15) is 9.59 Å². The molecule has 0 N–H and O–H groups in total. The fourth-order valence-corrected chi connectivity index (χ4v) is 7.51. The van der Waals surface area contributed by atoms with E-state index in [2.05, 4.69) is 19.9 Å². The number of rotatable bonds is 3. The first-order chi connectivity index (χ1) is 13.2. The van der Waals surface area contributed by atoms with Gasteiger partial charge < -0.3 is 4.74 Å². The molecule has 0 spiro atoms. The molecule has 2 fully saturated rings. The fraction of sp³-hybridized carbons (Fsp3) is 0.652. The molecule has 3 nitrogen and oxygen atoms in total. The van der Waals surface area contributed by atoms with Crippen LogP contribution in [0.25, 0.3) is 0 Å². The largest absolute Gasteiger partial charge is 0.459 e. The Morgan fingerprint density at radius 3 is 2.79 bits per heavy atom. The summed E-state index contributed by atoms with van der Waals surface area (Å²) in [4.78, 5) is 25.2. The number of hydrogen-bond acceptors (Lipinski definition) is 4. The Bertz CT molecular complexity index is 815. The van der Waals surface area contributed by atoms with Gasteiger partial charge in [-0.15, -0.1) is 11.8 Å². The van der Waals surface area contributed by atoms with Crippen molar-refractivity contribution in [3.63, 3.8) is 0 Å². The highest BCUT2D eigenvalue weighted by molar-refractivity contribution is 8.03. The van der Waals surface area contributed by atoms with Crippen LogP contribution in [-0.2, 0) is 14.3 Å². The molecule has 0 amide bonds. The normalized spacial score (nSPS) is 44.2. The van der Waals surface area contributed by atoms with Crippen LogP contribution >= 0.6 is 11.8 Å². The summed E-state index contributed by atoms with van der Waals surface area (Å²) in [5, 5.41) is 0. The molecule has 152 valence electrons. The van der Waals surface area contributed by atoms with Crippen molar-refractivity contribution in [2.24, 2.45) is 22.7 Å². The van der Waals surface area contributed by atoms with Gasteiger partial charge in [-0.3, -0.25) is 9.59 Å². The Kier molecular flexibility index (Phi) is 4.68. The molecule has 2 saturated carbocycles. The van der Waals surface area contributed by atoms with E-state index in [0.29, 0.717) is 12.8 Å². The van der Waals surface area contributed by atoms with E-state index >= 15 is 4.39 Å². The molecule has 0 saturated heterocycles. The third kappa shape index (κ3) is 2.54. The Hall–Kier alpha value is -1.36. The van der Waals surface area contributed by atoms with Crippen LogP contribution in [0.15, 0.2) is 34.8 Å². The van der Waals surface area contributed by atoms with Gasteiger partial charge in [0.05, 0.1) is 0 Å². The zero-order valence-corrected chi connectivity index (χ0v) is 17.9. The number of hydrogen-bond donors (Lipinski definition) is 0. The average molecular weight is 405 g/mol. The minimum Gasteiger partial charge on any atom is -0.459 e. The maximum Gasteiger partial charge on any atom is 0.303 e. The quantitative estimate of drug-likeness (QED) is 0.608. The molecule has 0 aromatic rings. The van der Waals surface area contributed by atoms with Crippen LogP contribution < -0.4 is 0 Å². The topological polar surface area (TPSA) is 43.4 Å². The predicted octanol–water partition coefficient (Wildman–Crippen LogP) is 5.17. The third-order valence-electron chi connectivity index (χ3n) is 7.73. The Morgan fingerprint density at radius 1 is 1.36 bits per heavy atom. The number of ketones is 1. The molecule has 1 unspecified atom stereocenters. The zero-order chi connectivity index (χ0) is 20.3. The van der Waals surface area contributed by atoms with Crippen LogP contribution in [0.1, 0.15) is 53.4 Å². The molecule has 6 atom stereocenters. The SMILES string of the molecule is CCSC1=CC[C@H]2[C@@H]3CCC4=CC(=O)C=C[C@]4(C)C3(F)[C@@H](OC(C)=O)C[C@]12C. The molecule has 4 aliphatic carbocycles. The maximum absolute atomic E-state index is 17.3. The number of halogens is 1. The van der Waals surface area contributed by atoms with Crippen molar-refractivity contribution in [2.75, 3.05) is 5.75 Å². The van der Waals surface area contributed by atoms with E-state index in [1.807, 2.05) is 18.7 Å². The van der Waals surface area contributed by atoms with Gasteiger partial charge >= 0.3 is 5.97 Å². The molecule has 28 heavy (non-hydrogen) atoms. The van der Waals surface area contributed by atoms with Crippen LogP contribution in [0.4, 0.5) is 4.39 Å². The van der Waals surface area contributed by atoms with Gasteiger partial charge in [-0.25, -0.2) is 4.39 Å². The van der Waals surface area contributed by atoms with Crippen molar-refractivity contribution in [1.29, 1.82) is 0 Å². The van der Waals surface area contributed by atoms with Gasteiger partial charge in [-0.1, -0.05) is 31.6 Å². The van der Waals surface area contributed by atoms with Crippen molar-refractivity contribution < 1.29 is 18.7 Å². The summed E-state index contributed by atoms with van der Waals surface area (Å²) in [6.07, 6.45) is 9.06. The summed E-state index contributed by atoms with van der Waals surface area (Å²) < 4.78 is 23.0. The summed E-state index contributed by atoms with van der Waals surface area (Å²) in [6.45, 7) is 7.61. The van der Waals surface area contributed by atoms with E-state index in [-0.39, 0.29) is 23.0 Å². The van der Waals surface area contributed by atoms with Crippen LogP contribution in [0, 0.1) is 22.7 Å². The minimum absolute atomic E-state index is 0.0802. The van der Waals surface area contributed by atoms with E-state index in [0.717, 1.165) is 24.2 Å². The fourth-order valence-electron chi connectivity index (χ4n) is 6.42. The lowest BCUT2D eigenvalue weighted by molar-refractivity contribution is -0.205. The second-order valence-electron chi connectivity index (χ2n) is 9.08. The number of allylic oxidation sites excluding steroid dienone is 6. The summed E-state index contributed by atoms with van der Waals surface area (Å²) in [7, 11) is 0. The number of fused-ring (bicyclic) bond motifs is 5. The number of ether oxygens (including phenoxy) is 1. The molecular weight excluding hydrogens is 375 g/mol. The van der Waals surface area contributed by atoms with Gasteiger partial charge in [-0.05, 0) is 61.3 Å². The van der Waals surface area contributed by atoms with Crippen molar-refractivity contribution in [2.45, 2.75) is 65.2 Å². The third-order valence-corrected chi connectivity index (χ3v) is 8.97. The van der Waals surface area contributed by atoms with E-state index in [4.69, 9.17) is 4.74 Å². The molecular formula is C23H29FO3S. The Morgan fingerprint density at radius 2 is 2.11 bits per heavy atom. The molecule has 4 rings (SSSR count). The smallest absolute Gasteiger partial charge is 0.303 e. The van der Waals surface area contributed by atoms with Crippen LogP contribution in [0.2, 0.25) is 0 Å². The Balaban J connectivity index is 1.83. The Labute approximate surface area is 170 Å². The number of carbonyl (C=O) groups excluding carboxylic acids is 2. The van der Waals surface area contributed by atoms with Crippen LogP contribution in [0.5, 0.6) is 0 Å². The second-order valence-corrected chi connectivity index (χ2v) is 10.4. The van der Waals surface area contributed by atoms with Gasteiger partial charge in [0.1, 0.15) is 6.10 Å². The lowest BCUT2D eigenvalue weighted by atomic mass is 9.46. The molecule has 0 bridgehead atoms. The summed E-state index contributed by atoms with van der Waals surface area (Å²) >= 11 is 1.83. The van der Waals surface area contributed by atoms with E-state index in [1.54, 1.807) is 12.2 Å². The molecule has 0 heterocycles. The first kappa shape index (κ1) is 19.9. The summed E-state index contributed by atoms with van der Waals surface area (Å²) in [5.41, 5.74) is -1.93. The van der Waals surface area contributed by atoms with Crippen molar-refractivity contribution in [1.82, 2.24) is 0 Å². The summed E-state index contributed by atoms with van der Waals surface area (Å²) in [5.74, 6) is 0.450. The van der Waals surface area contributed by atoms with E-state index < -0.39 is 23.2 Å². The molecule has 0 aromatic carbocycles. The molecule has 0 aromatic heterocycles. The highest BCUT2D eigenvalue weighted by Gasteiger charge is 2.70. The standard InChI is InChI=1S/C23H29FO3S/c1-5-28-20-9-8-17-18-7-6-15-12-16(26)10-11-22(15,4)23(18,24)19(27-14(2)25)13-21(17,20)3/h9-12,17-19H,5-8,13H2,1-4H3/t17-,18-,19-,21-,22-,23?/m0/s1. The lowest BCUT2D eigenvalue weighted by Crippen LogP contribution is -2.67. The van der Waals surface area contributed by atoms with Gasteiger partial charge in [-0.2, -0.15) is 0 Å². The van der Waals surface area contributed by atoms with E-state index in [1.165, 1.54) is 17.9 Å². The first-order valence-electron chi connectivity index (χ1n) is 10.3. The zero-order valence-electron chi connectivity index (χ0n) is 17.1. The number of carbonyl (C=O) groups is 2. The number of thioether (sulfide) groups is 1. The molecule has 5 heteroatoms. The highest BCUT2D eigenvalue weighted by atomic mass is 32.2. The van der Waals surface area contributed by atoms with Crippen LogP contribution in [0.3, 0.4) is 0 Å². The predicted molar refractivity (Wildman–Crippen MR) is 110 cm³/mol. The molecule has 0 aliphatic heterocycles.